The molecular weight excluding hydrogens is 539 g/mol. The van der Waals surface area contributed by atoms with Crippen LogP contribution in [0.3, 0.4) is 0 Å². The van der Waals surface area contributed by atoms with Gasteiger partial charge in [-0.25, -0.2) is 0 Å². The Morgan fingerprint density at radius 2 is 0.739 bits per heavy atom. The van der Waals surface area contributed by atoms with Gasteiger partial charge in [0, 0.05) is 0 Å². The van der Waals surface area contributed by atoms with Gasteiger partial charge in [-0.3, -0.25) is 0 Å². The first-order valence-corrected chi connectivity index (χ1v) is 24.7. The van der Waals surface area contributed by atoms with Crippen molar-refractivity contribution >= 4 is 30.7 Å². The molecule has 3 rings (SSSR count). The number of benzene rings is 3. The van der Waals surface area contributed by atoms with E-state index >= 15 is 0 Å². The van der Waals surface area contributed by atoms with Gasteiger partial charge in [-0.15, -0.1) is 0 Å². The molecule has 0 atom stereocenters. The topological polar surface area (TPSA) is 0 Å². The Morgan fingerprint density at radius 3 is 1.00 bits per heavy atom. The molecule has 0 aliphatic rings. The molecule has 0 spiro atoms. The molecule has 23 heavy (non-hydrogen) atoms. The van der Waals surface area contributed by atoms with E-state index in [1.54, 1.807) is 0 Å². The summed E-state index contributed by atoms with van der Waals surface area (Å²) in [6.45, 7) is 0. The molecule has 0 aromatic heterocycles. The summed E-state index contributed by atoms with van der Waals surface area (Å²) in [4.78, 5) is 0. The van der Waals surface area contributed by atoms with Crippen molar-refractivity contribution in [1.82, 2.24) is 0 Å². The van der Waals surface area contributed by atoms with E-state index in [1.807, 2.05) is 0 Å². The van der Waals surface area contributed by atoms with Crippen LogP contribution in [-0.2, 0) is 11.9 Å². The number of halogens is 1. The molecular formula is C21H21BrPb. The Balaban J connectivity index is 1.85. The van der Waals surface area contributed by atoms with Crippen LogP contribution in [0, 0.1) is 0 Å². The Bertz CT molecular complexity index is 609. The van der Waals surface area contributed by atoms with Crippen molar-refractivity contribution in [3.63, 3.8) is 0 Å². The van der Waals surface area contributed by atoms with E-state index in [2.05, 4.69) is 103 Å². The van der Waals surface area contributed by atoms with Crippen LogP contribution in [0.4, 0.5) is 0 Å². The average Bonchev–Trinajstić information content (AvgIpc) is 2.57. The van der Waals surface area contributed by atoms with E-state index in [0.717, 1.165) is 0 Å². The van der Waals surface area contributed by atoms with Crippen LogP contribution in [0.5, 0.6) is 0 Å². The van der Waals surface area contributed by atoms with E-state index in [4.69, 9.17) is 0 Å². The predicted molar refractivity (Wildman–Crippen MR) is 105 cm³/mol. The molecule has 3 aromatic carbocycles. The van der Waals surface area contributed by atoms with Gasteiger partial charge in [-0.05, 0) is 0 Å². The van der Waals surface area contributed by atoms with Crippen LogP contribution in [0.2, 0.25) is 0 Å². The standard InChI is InChI=1S/3C7H7.BrH.Pb/c3*1-7-5-3-2-4-6-7;;/h3*2-6H,1H2;1H;/q;;;;+1/p-1. The molecule has 0 saturated heterocycles. The van der Waals surface area contributed by atoms with E-state index in [-0.39, 0.29) is 0 Å². The van der Waals surface area contributed by atoms with Crippen molar-refractivity contribution in [2.45, 2.75) is 11.9 Å². The van der Waals surface area contributed by atoms with Crippen LogP contribution < -0.4 is 0 Å². The molecule has 0 fully saturated rings. The average molecular weight is 561 g/mol. The predicted octanol–water partition coefficient (Wildman–Crippen LogP) is 5.67. The Morgan fingerprint density at radius 1 is 0.478 bits per heavy atom. The summed E-state index contributed by atoms with van der Waals surface area (Å²) in [6, 6.07) is 32.9. The molecule has 0 saturated carbocycles. The summed E-state index contributed by atoms with van der Waals surface area (Å²) >= 11 is 1.65. The van der Waals surface area contributed by atoms with Gasteiger partial charge in [-0.2, -0.15) is 0 Å². The first-order chi connectivity index (χ1) is 11.2. The minimum atomic E-state index is -2.67. The van der Waals surface area contributed by atoms with Gasteiger partial charge < -0.3 is 0 Å². The molecule has 0 amide bonds. The van der Waals surface area contributed by atoms with Gasteiger partial charge in [0.15, 0.2) is 0 Å². The summed E-state index contributed by atoms with van der Waals surface area (Å²) in [5.74, 6) is 0. The van der Waals surface area contributed by atoms with Gasteiger partial charge in [0.05, 0.1) is 0 Å². The Hall–Kier alpha value is -0.938. The quantitative estimate of drug-likeness (QED) is 0.341. The van der Waals surface area contributed by atoms with Gasteiger partial charge in [0.25, 0.3) is 0 Å². The van der Waals surface area contributed by atoms with Crippen molar-refractivity contribution < 1.29 is 0 Å². The molecule has 0 radical (unpaired) electrons. The van der Waals surface area contributed by atoms with Gasteiger partial charge in [0.1, 0.15) is 0 Å². The number of hydrogen-bond donors (Lipinski definition) is 0. The molecule has 0 bridgehead atoms. The SMILES string of the molecule is [Br][Pb]([CH2]c1ccccc1)([CH2]c1ccccc1)[CH2]c1ccccc1. The molecule has 116 valence electrons. The van der Waals surface area contributed by atoms with E-state index in [9.17, 15) is 0 Å². The number of rotatable bonds is 6. The zero-order valence-electron chi connectivity index (χ0n) is 13.2. The van der Waals surface area contributed by atoms with Gasteiger partial charge in [0.2, 0.25) is 0 Å². The van der Waals surface area contributed by atoms with Crippen molar-refractivity contribution in [1.29, 1.82) is 0 Å². The molecule has 0 N–H and O–H groups in total. The maximum atomic E-state index is 4.32. The van der Waals surface area contributed by atoms with E-state index in [1.165, 1.54) is 28.6 Å². The minimum absolute atomic E-state index is 1.23. The van der Waals surface area contributed by atoms with E-state index < -0.39 is 18.8 Å². The van der Waals surface area contributed by atoms with Crippen LogP contribution in [-0.4, -0.2) is 18.8 Å². The third-order valence-electron chi connectivity index (χ3n) is 4.09. The first kappa shape index (κ1) is 16.9. The Kier molecular flexibility index (Phi) is 6.06. The van der Waals surface area contributed by atoms with Crippen LogP contribution in [0.25, 0.3) is 0 Å². The van der Waals surface area contributed by atoms with E-state index in [0.29, 0.717) is 0 Å². The third kappa shape index (κ3) is 5.28. The monoisotopic (exact) mass is 560 g/mol. The fraction of sp³-hybridized carbons (Fsp3) is 0.143. The second-order valence-corrected chi connectivity index (χ2v) is 34.0. The fourth-order valence-electron chi connectivity index (χ4n) is 3.07. The van der Waals surface area contributed by atoms with Crippen molar-refractivity contribution in [3.8, 4) is 0 Å². The van der Waals surface area contributed by atoms with Gasteiger partial charge >= 0.3 is 150 Å². The normalized spacial score (nSPS) is 11.3. The zero-order chi connectivity index (χ0) is 16.0. The molecule has 0 aliphatic heterocycles. The van der Waals surface area contributed by atoms with Crippen molar-refractivity contribution in [2.24, 2.45) is 0 Å². The molecule has 2 heteroatoms. The molecule has 0 heterocycles. The molecule has 0 unspecified atom stereocenters. The van der Waals surface area contributed by atoms with Crippen molar-refractivity contribution in [2.75, 3.05) is 0 Å². The van der Waals surface area contributed by atoms with Crippen LogP contribution in [0.1, 0.15) is 16.7 Å². The van der Waals surface area contributed by atoms with Crippen LogP contribution >= 0.6 is 12.0 Å². The summed E-state index contributed by atoms with van der Waals surface area (Å²) in [5.41, 5.74) is 4.41. The molecule has 3 aromatic rings. The third-order valence-corrected chi connectivity index (χ3v) is 23.6. The number of hydrogen-bond acceptors (Lipinski definition) is 0. The summed E-state index contributed by atoms with van der Waals surface area (Å²) in [5, 5.41) is 0. The second-order valence-electron chi connectivity index (χ2n) is 6.14. The summed E-state index contributed by atoms with van der Waals surface area (Å²) in [6.07, 6.45) is 0. The van der Waals surface area contributed by atoms with Crippen LogP contribution in [0.15, 0.2) is 91.0 Å². The fourth-order valence-corrected chi connectivity index (χ4v) is 24.3. The Labute approximate surface area is 149 Å². The molecule has 0 nitrogen and oxygen atoms in total. The zero-order valence-corrected chi connectivity index (χ0v) is 18.6. The summed E-state index contributed by atoms with van der Waals surface area (Å²) < 4.78 is 3.70. The van der Waals surface area contributed by atoms with Gasteiger partial charge in [-0.1, -0.05) is 0 Å². The van der Waals surface area contributed by atoms with Crippen molar-refractivity contribution in [3.05, 3.63) is 108 Å². The summed E-state index contributed by atoms with van der Waals surface area (Å²) in [7, 11) is 0. The molecule has 0 aliphatic carbocycles. The maximum absolute atomic E-state index is 4.32. The first-order valence-electron chi connectivity index (χ1n) is 8.04. The second kappa shape index (κ2) is 8.25.